The molecule has 0 aliphatic carbocycles. The maximum absolute atomic E-state index is 11.7. The van der Waals surface area contributed by atoms with Gasteiger partial charge in [-0.15, -0.1) is 0 Å². The molecule has 1 aromatic heterocycles. The molecule has 100 valence electrons. The molecule has 2 rings (SSSR count). The Bertz CT molecular complexity index is 554. The second-order valence-electron chi connectivity index (χ2n) is 4.34. The van der Waals surface area contributed by atoms with Crippen LogP contribution in [-0.4, -0.2) is 17.9 Å². The molecular formula is C14H15BrN2O2. The molecule has 1 aromatic carbocycles. The van der Waals surface area contributed by atoms with Gasteiger partial charge in [0.05, 0.1) is 6.54 Å². The SMILES string of the molecule is CN(Cc1ccc(Br)o1)[C@H](C(N)=O)c1ccccc1. The molecule has 0 aliphatic heterocycles. The predicted molar refractivity (Wildman–Crippen MR) is 76.3 cm³/mol. The van der Waals surface area contributed by atoms with Crippen molar-refractivity contribution in [2.75, 3.05) is 7.05 Å². The van der Waals surface area contributed by atoms with Gasteiger partial charge in [-0.05, 0) is 40.7 Å². The van der Waals surface area contributed by atoms with Crippen molar-refractivity contribution in [2.45, 2.75) is 12.6 Å². The van der Waals surface area contributed by atoms with E-state index in [4.69, 9.17) is 10.2 Å². The first kappa shape index (κ1) is 13.8. The highest BCUT2D eigenvalue weighted by Gasteiger charge is 2.23. The lowest BCUT2D eigenvalue weighted by Gasteiger charge is -2.24. The molecule has 0 saturated heterocycles. The average molecular weight is 323 g/mol. The number of benzene rings is 1. The fourth-order valence-corrected chi connectivity index (χ4v) is 2.39. The Morgan fingerprint density at radius 1 is 1.32 bits per heavy atom. The van der Waals surface area contributed by atoms with Crippen LogP contribution in [0.5, 0.6) is 0 Å². The van der Waals surface area contributed by atoms with Gasteiger partial charge in [-0.1, -0.05) is 30.3 Å². The maximum Gasteiger partial charge on any atom is 0.239 e. The standard InChI is InChI=1S/C14H15BrN2O2/c1-17(9-11-7-8-12(15)19-11)13(14(16)18)10-5-3-2-4-6-10/h2-8,13H,9H2,1H3,(H2,16,18)/t13-/m0/s1. The van der Waals surface area contributed by atoms with E-state index in [2.05, 4.69) is 15.9 Å². The van der Waals surface area contributed by atoms with E-state index in [1.54, 1.807) is 0 Å². The Kier molecular flexibility index (Phi) is 4.39. The van der Waals surface area contributed by atoms with Gasteiger partial charge in [0.25, 0.3) is 0 Å². The molecule has 1 heterocycles. The summed E-state index contributed by atoms with van der Waals surface area (Å²) in [7, 11) is 1.85. The van der Waals surface area contributed by atoms with Gasteiger partial charge in [-0.25, -0.2) is 0 Å². The minimum atomic E-state index is -0.468. The van der Waals surface area contributed by atoms with Gasteiger partial charge in [0.1, 0.15) is 11.8 Å². The second kappa shape index (κ2) is 6.04. The van der Waals surface area contributed by atoms with Crippen LogP contribution in [0.15, 0.2) is 51.6 Å². The largest absolute Gasteiger partial charge is 0.453 e. The van der Waals surface area contributed by atoms with Crippen molar-refractivity contribution in [1.29, 1.82) is 0 Å². The minimum absolute atomic E-state index is 0.376. The molecule has 0 spiro atoms. The van der Waals surface area contributed by atoms with Crippen LogP contribution >= 0.6 is 15.9 Å². The number of furan rings is 1. The lowest BCUT2D eigenvalue weighted by atomic mass is 10.1. The molecule has 0 unspecified atom stereocenters. The molecule has 1 atom stereocenters. The topological polar surface area (TPSA) is 59.5 Å². The number of carbonyl (C=O) groups excluding carboxylic acids is 1. The lowest BCUT2D eigenvalue weighted by molar-refractivity contribution is -0.123. The van der Waals surface area contributed by atoms with E-state index >= 15 is 0 Å². The third kappa shape index (κ3) is 3.45. The molecule has 4 nitrogen and oxygen atoms in total. The van der Waals surface area contributed by atoms with Crippen LogP contribution in [0.1, 0.15) is 17.4 Å². The first-order chi connectivity index (χ1) is 9.08. The van der Waals surface area contributed by atoms with Gasteiger partial charge < -0.3 is 10.2 Å². The first-order valence-corrected chi connectivity index (χ1v) is 6.66. The smallest absolute Gasteiger partial charge is 0.239 e. The zero-order chi connectivity index (χ0) is 13.8. The number of likely N-dealkylation sites (N-methyl/N-ethyl adjacent to an activating group) is 1. The van der Waals surface area contributed by atoms with Gasteiger partial charge >= 0.3 is 0 Å². The zero-order valence-corrected chi connectivity index (χ0v) is 12.1. The van der Waals surface area contributed by atoms with Crippen molar-refractivity contribution in [1.82, 2.24) is 4.90 Å². The van der Waals surface area contributed by atoms with Crippen LogP contribution in [0.3, 0.4) is 0 Å². The minimum Gasteiger partial charge on any atom is -0.453 e. The summed E-state index contributed by atoms with van der Waals surface area (Å²) < 4.78 is 6.12. The number of primary amides is 1. The molecular weight excluding hydrogens is 308 g/mol. The summed E-state index contributed by atoms with van der Waals surface area (Å²) in [6, 6.07) is 12.7. The van der Waals surface area contributed by atoms with Crippen molar-refractivity contribution in [2.24, 2.45) is 5.73 Å². The zero-order valence-electron chi connectivity index (χ0n) is 10.5. The second-order valence-corrected chi connectivity index (χ2v) is 5.12. The molecule has 2 N–H and O–H groups in total. The van der Waals surface area contributed by atoms with Gasteiger partial charge in [0, 0.05) is 0 Å². The van der Waals surface area contributed by atoms with Crippen molar-refractivity contribution >= 4 is 21.8 Å². The van der Waals surface area contributed by atoms with Crippen LogP contribution in [0.25, 0.3) is 0 Å². The highest BCUT2D eigenvalue weighted by Crippen LogP contribution is 2.22. The van der Waals surface area contributed by atoms with E-state index in [0.29, 0.717) is 11.2 Å². The predicted octanol–water partition coefficient (Wildman–Crippen LogP) is 2.70. The van der Waals surface area contributed by atoms with E-state index in [0.717, 1.165) is 11.3 Å². The number of hydrogen-bond acceptors (Lipinski definition) is 3. The molecule has 19 heavy (non-hydrogen) atoms. The molecule has 0 saturated carbocycles. The van der Waals surface area contributed by atoms with Gasteiger partial charge in [-0.3, -0.25) is 9.69 Å². The summed E-state index contributed by atoms with van der Waals surface area (Å²) in [5.41, 5.74) is 6.39. The molecule has 1 amide bonds. The monoisotopic (exact) mass is 322 g/mol. The normalized spacial score (nSPS) is 12.6. The number of amides is 1. The average Bonchev–Trinajstić information content (AvgIpc) is 2.75. The van der Waals surface area contributed by atoms with Crippen LogP contribution in [0.2, 0.25) is 0 Å². The number of hydrogen-bond donors (Lipinski definition) is 1. The molecule has 0 bridgehead atoms. The van der Waals surface area contributed by atoms with E-state index in [-0.39, 0.29) is 5.91 Å². The third-order valence-electron chi connectivity index (χ3n) is 2.86. The third-order valence-corrected chi connectivity index (χ3v) is 3.29. The molecule has 0 fully saturated rings. The highest BCUT2D eigenvalue weighted by molar-refractivity contribution is 9.10. The Morgan fingerprint density at radius 2 is 2.00 bits per heavy atom. The van der Waals surface area contributed by atoms with E-state index in [1.807, 2.05) is 54.4 Å². The summed E-state index contributed by atoms with van der Waals surface area (Å²) in [5.74, 6) is 0.399. The first-order valence-electron chi connectivity index (χ1n) is 5.86. The van der Waals surface area contributed by atoms with Gasteiger partial charge in [0.15, 0.2) is 4.67 Å². The van der Waals surface area contributed by atoms with Gasteiger partial charge in [0.2, 0.25) is 5.91 Å². The number of nitrogens with two attached hydrogens (primary N) is 1. The van der Waals surface area contributed by atoms with Crippen LogP contribution in [-0.2, 0) is 11.3 Å². The molecule has 5 heteroatoms. The lowest BCUT2D eigenvalue weighted by Crippen LogP contribution is -2.34. The Morgan fingerprint density at radius 3 is 2.53 bits per heavy atom. The maximum atomic E-state index is 11.7. The summed E-state index contributed by atoms with van der Waals surface area (Å²) in [4.78, 5) is 13.5. The van der Waals surface area contributed by atoms with Crippen molar-refractivity contribution in [3.8, 4) is 0 Å². The Labute approximate surface area is 120 Å². The molecule has 0 radical (unpaired) electrons. The number of carbonyl (C=O) groups is 1. The number of halogens is 1. The van der Waals surface area contributed by atoms with Crippen molar-refractivity contribution in [3.63, 3.8) is 0 Å². The summed E-state index contributed by atoms with van der Waals surface area (Å²) in [5, 5.41) is 0. The van der Waals surface area contributed by atoms with Crippen molar-refractivity contribution in [3.05, 3.63) is 58.5 Å². The van der Waals surface area contributed by atoms with E-state index in [1.165, 1.54) is 0 Å². The molecule has 0 aliphatic rings. The quantitative estimate of drug-likeness (QED) is 0.920. The fourth-order valence-electron chi connectivity index (χ4n) is 2.05. The Hall–Kier alpha value is -1.59. The van der Waals surface area contributed by atoms with Crippen LogP contribution in [0.4, 0.5) is 0 Å². The van der Waals surface area contributed by atoms with Gasteiger partial charge in [-0.2, -0.15) is 0 Å². The summed E-state index contributed by atoms with van der Waals surface area (Å²) in [6.45, 7) is 0.508. The van der Waals surface area contributed by atoms with Crippen molar-refractivity contribution < 1.29 is 9.21 Å². The highest BCUT2D eigenvalue weighted by atomic mass is 79.9. The van der Waals surface area contributed by atoms with Crippen LogP contribution < -0.4 is 5.73 Å². The number of rotatable bonds is 5. The number of nitrogens with zero attached hydrogens (tertiary/aromatic N) is 1. The fraction of sp³-hybridized carbons (Fsp3) is 0.214. The Balaban J connectivity index is 2.18. The van der Waals surface area contributed by atoms with Crippen LogP contribution in [0, 0.1) is 0 Å². The van der Waals surface area contributed by atoms with E-state index in [9.17, 15) is 4.79 Å². The van der Waals surface area contributed by atoms with E-state index < -0.39 is 6.04 Å². The molecule has 2 aromatic rings. The summed E-state index contributed by atoms with van der Waals surface area (Å²) >= 11 is 3.26. The summed E-state index contributed by atoms with van der Waals surface area (Å²) in [6.07, 6.45) is 0.